The van der Waals surface area contributed by atoms with Crippen LogP contribution < -0.4 is 0 Å². The standard InChI is InChI=1S/C48H29N3S/c1-3-13-30(14-4-1)32-23-25-33(26-24-32)45-37-19-9-11-21-40(37)49-48(50-45)51-41-22-12-10-20-38(41)43-35-17-7-8-18-36(35)44-39-29-34(31-15-5-2-6-16-31)27-28-42(39)52-47(44)46(43)51/h1-29H. The average molecular weight is 680 g/mol. The molecule has 0 unspecified atom stereocenters. The third-order valence-electron chi connectivity index (χ3n) is 10.4. The molecule has 8 aromatic carbocycles. The maximum Gasteiger partial charge on any atom is 0.235 e. The SMILES string of the molecule is c1ccc(-c2ccc(-c3nc(-n4c5ccccc5c5c6ccccc6c6c7cc(-c8ccccc8)ccc7sc6c54)nc4ccccc34)cc2)cc1. The summed E-state index contributed by atoms with van der Waals surface area (Å²) in [5.41, 5.74) is 9.97. The number of thiophene rings is 1. The predicted octanol–water partition coefficient (Wildman–Crippen LogP) is 13.2. The Balaban J connectivity index is 1.24. The van der Waals surface area contributed by atoms with Crippen molar-refractivity contribution in [2.45, 2.75) is 0 Å². The first kappa shape index (κ1) is 29.1. The summed E-state index contributed by atoms with van der Waals surface area (Å²) in [6.07, 6.45) is 0. The fourth-order valence-electron chi connectivity index (χ4n) is 8.03. The van der Waals surface area contributed by atoms with Crippen LogP contribution in [0.5, 0.6) is 0 Å². The van der Waals surface area contributed by atoms with Gasteiger partial charge in [-0.3, -0.25) is 4.57 Å². The van der Waals surface area contributed by atoms with Gasteiger partial charge in [0.2, 0.25) is 5.95 Å². The maximum absolute atomic E-state index is 5.47. The molecule has 0 amide bonds. The highest BCUT2D eigenvalue weighted by Gasteiger charge is 2.24. The van der Waals surface area contributed by atoms with Crippen molar-refractivity contribution in [3.05, 3.63) is 176 Å². The lowest BCUT2D eigenvalue weighted by atomic mass is 9.97. The van der Waals surface area contributed by atoms with Crippen LogP contribution in [-0.4, -0.2) is 14.5 Å². The molecule has 0 N–H and O–H groups in total. The lowest BCUT2D eigenvalue weighted by Gasteiger charge is -2.13. The molecular weight excluding hydrogens is 651 g/mol. The summed E-state index contributed by atoms with van der Waals surface area (Å²) in [5, 5.41) is 8.52. The van der Waals surface area contributed by atoms with Crippen LogP contribution in [0.3, 0.4) is 0 Å². The number of aromatic nitrogens is 3. The van der Waals surface area contributed by atoms with Crippen LogP contribution in [0.4, 0.5) is 0 Å². The first-order chi connectivity index (χ1) is 25.8. The lowest BCUT2D eigenvalue weighted by molar-refractivity contribution is 1.02. The van der Waals surface area contributed by atoms with E-state index in [0.29, 0.717) is 5.95 Å². The normalized spacial score (nSPS) is 11.8. The average Bonchev–Trinajstić information content (AvgIpc) is 3.78. The topological polar surface area (TPSA) is 30.7 Å². The summed E-state index contributed by atoms with van der Waals surface area (Å²) >= 11 is 1.86. The van der Waals surface area contributed by atoms with E-state index in [-0.39, 0.29) is 0 Å². The summed E-state index contributed by atoms with van der Waals surface area (Å²) in [6, 6.07) is 62.9. The van der Waals surface area contributed by atoms with E-state index in [4.69, 9.17) is 9.97 Å². The third kappa shape index (κ3) is 4.38. The van der Waals surface area contributed by atoms with E-state index < -0.39 is 0 Å². The fourth-order valence-corrected chi connectivity index (χ4v) is 9.27. The van der Waals surface area contributed by atoms with Gasteiger partial charge in [0.15, 0.2) is 0 Å². The summed E-state index contributed by atoms with van der Waals surface area (Å²) in [5.74, 6) is 0.672. The minimum absolute atomic E-state index is 0.672. The number of hydrogen-bond donors (Lipinski definition) is 0. The van der Waals surface area contributed by atoms with E-state index >= 15 is 0 Å². The highest BCUT2D eigenvalue weighted by Crippen LogP contribution is 2.48. The number of rotatable bonds is 4. The Morgan fingerprint density at radius 3 is 1.71 bits per heavy atom. The molecule has 0 fully saturated rings. The summed E-state index contributed by atoms with van der Waals surface area (Å²) < 4.78 is 4.83. The van der Waals surface area contributed by atoms with E-state index in [1.165, 1.54) is 64.0 Å². The van der Waals surface area contributed by atoms with Gasteiger partial charge in [-0.15, -0.1) is 11.3 Å². The van der Waals surface area contributed by atoms with Crippen molar-refractivity contribution in [2.75, 3.05) is 0 Å². The van der Waals surface area contributed by atoms with Gasteiger partial charge in [0, 0.05) is 37.2 Å². The van der Waals surface area contributed by atoms with Crippen LogP contribution in [0, 0.1) is 0 Å². The molecule has 0 aliphatic carbocycles. The molecule has 3 heterocycles. The molecule has 0 aliphatic heterocycles. The molecule has 3 nitrogen and oxygen atoms in total. The Morgan fingerprint density at radius 1 is 0.404 bits per heavy atom. The monoisotopic (exact) mass is 679 g/mol. The van der Waals surface area contributed by atoms with Crippen molar-refractivity contribution in [3.8, 4) is 39.5 Å². The Labute approximate surface area is 303 Å². The van der Waals surface area contributed by atoms with Gasteiger partial charge in [0.1, 0.15) is 0 Å². The Kier molecular flexibility index (Phi) is 6.42. The quantitative estimate of drug-likeness (QED) is 0.185. The van der Waals surface area contributed by atoms with Crippen molar-refractivity contribution in [3.63, 3.8) is 0 Å². The van der Waals surface area contributed by atoms with Gasteiger partial charge >= 0.3 is 0 Å². The van der Waals surface area contributed by atoms with Gasteiger partial charge in [-0.2, -0.15) is 0 Å². The first-order valence-corrected chi connectivity index (χ1v) is 18.4. The Hall–Kier alpha value is -6.62. The zero-order valence-corrected chi connectivity index (χ0v) is 28.8. The van der Waals surface area contributed by atoms with Crippen molar-refractivity contribution in [1.82, 2.24) is 14.5 Å². The zero-order valence-electron chi connectivity index (χ0n) is 28.0. The molecular formula is C48H29N3S. The molecule has 52 heavy (non-hydrogen) atoms. The van der Waals surface area contributed by atoms with Gasteiger partial charge in [-0.05, 0) is 57.3 Å². The van der Waals surface area contributed by atoms with Gasteiger partial charge in [0.25, 0.3) is 0 Å². The van der Waals surface area contributed by atoms with Crippen LogP contribution in [0.2, 0.25) is 0 Å². The lowest BCUT2D eigenvalue weighted by Crippen LogP contribution is -2.03. The molecule has 0 aliphatic rings. The van der Waals surface area contributed by atoms with E-state index in [1.807, 2.05) is 11.3 Å². The van der Waals surface area contributed by atoms with Crippen molar-refractivity contribution >= 4 is 75.0 Å². The predicted molar refractivity (Wildman–Crippen MR) is 221 cm³/mol. The van der Waals surface area contributed by atoms with E-state index in [9.17, 15) is 0 Å². The summed E-state index contributed by atoms with van der Waals surface area (Å²) in [4.78, 5) is 10.8. The van der Waals surface area contributed by atoms with Crippen molar-refractivity contribution in [1.29, 1.82) is 0 Å². The van der Waals surface area contributed by atoms with Crippen LogP contribution in [-0.2, 0) is 0 Å². The molecule has 0 saturated heterocycles. The Morgan fingerprint density at radius 2 is 0.962 bits per heavy atom. The van der Waals surface area contributed by atoms with E-state index in [2.05, 4.69) is 180 Å². The molecule has 3 aromatic heterocycles. The zero-order chi connectivity index (χ0) is 34.2. The maximum atomic E-state index is 5.47. The smallest absolute Gasteiger partial charge is 0.235 e. The van der Waals surface area contributed by atoms with Crippen LogP contribution in [0.25, 0.3) is 103 Å². The summed E-state index contributed by atoms with van der Waals surface area (Å²) in [7, 11) is 0. The molecule has 0 spiro atoms. The molecule has 4 heteroatoms. The van der Waals surface area contributed by atoms with E-state index in [1.54, 1.807) is 0 Å². The number of nitrogens with zero attached hydrogens (tertiary/aromatic N) is 3. The van der Waals surface area contributed by atoms with Gasteiger partial charge in [-0.25, -0.2) is 9.97 Å². The number of fused-ring (bicyclic) bond motifs is 11. The molecule has 11 rings (SSSR count). The fraction of sp³-hybridized carbons (Fsp3) is 0. The van der Waals surface area contributed by atoms with Crippen molar-refractivity contribution in [2.24, 2.45) is 0 Å². The molecule has 0 radical (unpaired) electrons. The minimum atomic E-state index is 0.672. The second-order valence-electron chi connectivity index (χ2n) is 13.3. The van der Waals surface area contributed by atoms with Crippen LogP contribution in [0.15, 0.2) is 176 Å². The largest absolute Gasteiger partial charge is 0.276 e. The van der Waals surface area contributed by atoms with Crippen LogP contribution >= 0.6 is 11.3 Å². The Bertz CT molecular complexity index is 3160. The number of hydrogen-bond acceptors (Lipinski definition) is 3. The molecule has 0 atom stereocenters. The summed E-state index contributed by atoms with van der Waals surface area (Å²) in [6.45, 7) is 0. The highest BCUT2D eigenvalue weighted by atomic mass is 32.1. The second-order valence-corrected chi connectivity index (χ2v) is 14.4. The minimum Gasteiger partial charge on any atom is -0.276 e. The molecule has 0 bridgehead atoms. The van der Waals surface area contributed by atoms with Gasteiger partial charge in [0.05, 0.1) is 26.9 Å². The third-order valence-corrected chi connectivity index (χ3v) is 11.6. The van der Waals surface area contributed by atoms with Crippen molar-refractivity contribution < 1.29 is 0 Å². The molecule has 242 valence electrons. The molecule has 0 saturated carbocycles. The molecule has 11 aromatic rings. The highest BCUT2D eigenvalue weighted by molar-refractivity contribution is 7.27. The number of benzene rings is 8. The first-order valence-electron chi connectivity index (χ1n) is 17.6. The second kappa shape index (κ2) is 11.5. The van der Waals surface area contributed by atoms with Crippen LogP contribution in [0.1, 0.15) is 0 Å². The van der Waals surface area contributed by atoms with E-state index in [0.717, 1.165) is 33.2 Å². The van der Waals surface area contributed by atoms with Gasteiger partial charge in [-0.1, -0.05) is 152 Å². The van der Waals surface area contributed by atoms with Gasteiger partial charge < -0.3 is 0 Å². The number of para-hydroxylation sites is 2.